The number of esters is 1. The van der Waals surface area contributed by atoms with Gasteiger partial charge in [0.05, 0.1) is 5.56 Å². The number of hydrogen-bond acceptors (Lipinski definition) is 5. The summed E-state index contributed by atoms with van der Waals surface area (Å²) in [5.74, 6) is -1.37. The Morgan fingerprint density at radius 1 is 1.07 bits per heavy atom. The van der Waals surface area contributed by atoms with Crippen molar-refractivity contribution < 1.29 is 28.2 Å². The lowest BCUT2D eigenvalue weighted by atomic mass is 10.2. The van der Waals surface area contributed by atoms with Crippen LogP contribution in [0.2, 0.25) is 0 Å². The molecule has 2 aromatic rings. The van der Waals surface area contributed by atoms with E-state index in [9.17, 15) is 18.8 Å². The van der Waals surface area contributed by atoms with Crippen LogP contribution >= 0.6 is 0 Å². The second-order valence-corrected chi connectivity index (χ2v) is 5.82. The second kappa shape index (κ2) is 10.7. The number of rotatable bonds is 8. The van der Waals surface area contributed by atoms with E-state index in [0.29, 0.717) is 12.3 Å². The first-order valence-corrected chi connectivity index (χ1v) is 8.70. The largest absolute Gasteiger partial charge is 0.489 e. The van der Waals surface area contributed by atoms with E-state index in [0.717, 1.165) is 12.0 Å². The zero-order valence-electron chi connectivity index (χ0n) is 15.4. The third-order valence-corrected chi connectivity index (χ3v) is 3.51. The van der Waals surface area contributed by atoms with E-state index in [-0.39, 0.29) is 18.0 Å². The summed E-state index contributed by atoms with van der Waals surface area (Å²) in [6.45, 7) is 1.93. The molecule has 2 aromatic carbocycles. The lowest BCUT2D eigenvalue weighted by Gasteiger charge is -2.09. The summed E-state index contributed by atoms with van der Waals surface area (Å²) in [5, 5.41) is 4.53. The van der Waals surface area contributed by atoms with Crippen LogP contribution in [-0.2, 0) is 16.1 Å². The van der Waals surface area contributed by atoms with Crippen molar-refractivity contribution in [3.05, 3.63) is 65.5 Å². The van der Waals surface area contributed by atoms with Crippen molar-refractivity contribution in [2.24, 2.45) is 0 Å². The van der Waals surface area contributed by atoms with Crippen molar-refractivity contribution in [2.45, 2.75) is 20.0 Å². The molecule has 0 radical (unpaired) electrons. The molecule has 2 N–H and O–H groups in total. The Kier molecular flexibility index (Phi) is 7.95. The Balaban J connectivity index is 1.83. The average Bonchev–Trinajstić information content (AvgIpc) is 2.70. The van der Waals surface area contributed by atoms with E-state index in [1.165, 1.54) is 24.3 Å². The quantitative estimate of drug-likeness (QED) is 0.679. The summed E-state index contributed by atoms with van der Waals surface area (Å²) in [6.07, 6.45) is 0.732. The smallest absolute Gasteiger partial charge is 0.338 e. The van der Waals surface area contributed by atoms with Crippen LogP contribution in [0.1, 0.15) is 29.3 Å². The van der Waals surface area contributed by atoms with Crippen LogP contribution in [0, 0.1) is 5.82 Å². The van der Waals surface area contributed by atoms with Crippen LogP contribution in [0.3, 0.4) is 0 Å². The van der Waals surface area contributed by atoms with Gasteiger partial charge in [0.1, 0.15) is 18.2 Å². The summed E-state index contributed by atoms with van der Waals surface area (Å²) in [5.41, 5.74) is 0.965. The molecule has 0 bridgehead atoms. The summed E-state index contributed by atoms with van der Waals surface area (Å²) in [4.78, 5) is 35.0. The number of benzene rings is 2. The standard InChI is InChI=1S/C20H21FN2O5/c1-2-10-22-20(26)23-18(24)13-28-19(25)15-4-3-5-17(11-15)27-12-14-6-8-16(21)9-7-14/h3-9,11H,2,10,12-13H2,1H3,(H2,22,23,24,26). The van der Waals surface area contributed by atoms with Gasteiger partial charge in [0.15, 0.2) is 6.61 Å². The van der Waals surface area contributed by atoms with Crippen molar-refractivity contribution in [2.75, 3.05) is 13.2 Å². The van der Waals surface area contributed by atoms with Gasteiger partial charge in [0.2, 0.25) is 0 Å². The van der Waals surface area contributed by atoms with Gasteiger partial charge in [0, 0.05) is 6.54 Å². The minimum atomic E-state index is -0.731. The van der Waals surface area contributed by atoms with Crippen molar-refractivity contribution in [3.8, 4) is 5.75 Å². The molecule has 0 saturated carbocycles. The van der Waals surface area contributed by atoms with Crippen molar-refractivity contribution in [1.82, 2.24) is 10.6 Å². The van der Waals surface area contributed by atoms with Gasteiger partial charge in [-0.3, -0.25) is 10.1 Å². The second-order valence-electron chi connectivity index (χ2n) is 5.82. The number of urea groups is 1. The van der Waals surface area contributed by atoms with Crippen LogP contribution < -0.4 is 15.4 Å². The molecule has 0 aromatic heterocycles. The summed E-state index contributed by atoms with van der Waals surface area (Å²) < 4.78 is 23.4. The molecular weight excluding hydrogens is 367 g/mol. The summed E-state index contributed by atoms with van der Waals surface area (Å²) >= 11 is 0. The van der Waals surface area contributed by atoms with Gasteiger partial charge in [-0.05, 0) is 42.3 Å². The van der Waals surface area contributed by atoms with Crippen LogP contribution in [-0.4, -0.2) is 31.1 Å². The highest BCUT2D eigenvalue weighted by atomic mass is 19.1. The lowest BCUT2D eigenvalue weighted by Crippen LogP contribution is -2.41. The fraction of sp³-hybridized carbons (Fsp3) is 0.250. The maximum Gasteiger partial charge on any atom is 0.338 e. The van der Waals surface area contributed by atoms with Crippen LogP contribution in [0.25, 0.3) is 0 Å². The molecule has 0 saturated heterocycles. The van der Waals surface area contributed by atoms with Gasteiger partial charge in [0.25, 0.3) is 5.91 Å². The average molecular weight is 388 g/mol. The van der Waals surface area contributed by atoms with E-state index in [1.807, 2.05) is 6.92 Å². The van der Waals surface area contributed by atoms with E-state index in [4.69, 9.17) is 9.47 Å². The van der Waals surface area contributed by atoms with E-state index < -0.39 is 24.5 Å². The maximum absolute atomic E-state index is 12.9. The molecule has 3 amide bonds. The molecule has 0 spiro atoms. The first kappa shape index (κ1) is 20.9. The summed E-state index contributed by atoms with van der Waals surface area (Å²) in [7, 11) is 0. The van der Waals surface area contributed by atoms with Crippen molar-refractivity contribution >= 4 is 17.9 Å². The number of carbonyl (C=O) groups excluding carboxylic acids is 3. The monoisotopic (exact) mass is 388 g/mol. The minimum Gasteiger partial charge on any atom is -0.489 e. The van der Waals surface area contributed by atoms with Gasteiger partial charge < -0.3 is 14.8 Å². The number of carbonyl (C=O) groups is 3. The highest BCUT2D eigenvalue weighted by Crippen LogP contribution is 2.16. The Labute approximate surface area is 161 Å². The third kappa shape index (κ3) is 7.06. The number of hydrogen-bond donors (Lipinski definition) is 2. The Morgan fingerprint density at radius 2 is 1.82 bits per heavy atom. The molecule has 28 heavy (non-hydrogen) atoms. The molecule has 0 aliphatic heterocycles. The zero-order valence-corrected chi connectivity index (χ0v) is 15.4. The molecule has 8 heteroatoms. The minimum absolute atomic E-state index is 0.194. The fourth-order valence-electron chi connectivity index (χ4n) is 2.12. The first-order valence-electron chi connectivity index (χ1n) is 8.70. The molecule has 148 valence electrons. The zero-order chi connectivity index (χ0) is 20.4. The van der Waals surface area contributed by atoms with E-state index in [2.05, 4.69) is 10.6 Å². The van der Waals surface area contributed by atoms with E-state index >= 15 is 0 Å². The SMILES string of the molecule is CCCNC(=O)NC(=O)COC(=O)c1cccc(OCc2ccc(F)cc2)c1. The predicted molar refractivity (Wildman–Crippen MR) is 99.3 cm³/mol. The molecule has 0 fully saturated rings. The molecule has 7 nitrogen and oxygen atoms in total. The number of imide groups is 1. The fourth-order valence-corrected chi connectivity index (χ4v) is 2.12. The molecule has 2 rings (SSSR count). The Hall–Kier alpha value is -3.42. The van der Waals surface area contributed by atoms with Crippen molar-refractivity contribution in [3.63, 3.8) is 0 Å². The van der Waals surface area contributed by atoms with Gasteiger partial charge in [-0.1, -0.05) is 25.1 Å². The topological polar surface area (TPSA) is 93.7 Å². The third-order valence-electron chi connectivity index (χ3n) is 3.51. The molecule has 0 unspecified atom stereocenters. The molecule has 0 aliphatic rings. The van der Waals surface area contributed by atoms with Crippen molar-refractivity contribution in [1.29, 1.82) is 0 Å². The van der Waals surface area contributed by atoms with Crippen LogP contribution in [0.4, 0.5) is 9.18 Å². The number of nitrogens with one attached hydrogen (secondary N) is 2. The van der Waals surface area contributed by atoms with E-state index in [1.54, 1.807) is 24.3 Å². The molecule has 0 aliphatic carbocycles. The van der Waals surface area contributed by atoms with Crippen LogP contribution in [0.5, 0.6) is 5.75 Å². The van der Waals surface area contributed by atoms with Gasteiger partial charge >= 0.3 is 12.0 Å². The molecule has 0 heterocycles. The Morgan fingerprint density at radius 3 is 2.54 bits per heavy atom. The highest BCUT2D eigenvalue weighted by Gasteiger charge is 2.13. The molecule has 0 atom stereocenters. The highest BCUT2D eigenvalue weighted by molar-refractivity contribution is 5.97. The molecular formula is C20H21FN2O5. The Bertz CT molecular complexity index is 824. The van der Waals surface area contributed by atoms with Gasteiger partial charge in [-0.25, -0.2) is 14.0 Å². The number of amides is 3. The van der Waals surface area contributed by atoms with Crippen LogP contribution in [0.15, 0.2) is 48.5 Å². The van der Waals surface area contributed by atoms with Gasteiger partial charge in [-0.15, -0.1) is 0 Å². The number of ether oxygens (including phenoxy) is 2. The predicted octanol–water partition coefficient (Wildman–Crippen LogP) is 2.80. The number of halogens is 1. The van der Waals surface area contributed by atoms with Gasteiger partial charge in [-0.2, -0.15) is 0 Å². The summed E-state index contributed by atoms with van der Waals surface area (Å²) in [6, 6.07) is 11.5. The first-order chi connectivity index (χ1) is 13.5. The lowest BCUT2D eigenvalue weighted by molar-refractivity contribution is -0.123. The normalized spacial score (nSPS) is 10.1. The maximum atomic E-state index is 12.9.